The Morgan fingerprint density at radius 2 is 2.05 bits per heavy atom. The van der Waals surface area contributed by atoms with E-state index in [-0.39, 0.29) is 17.1 Å². The Bertz CT molecular complexity index is 482. The number of carbonyl (C=O) groups is 1. The average molecular weight is 265 g/mol. The Balaban J connectivity index is 1.83. The maximum atomic E-state index is 11.6. The number of nitrogens with zero attached hydrogens (tertiary/aromatic N) is 1. The van der Waals surface area contributed by atoms with Gasteiger partial charge in [-0.2, -0.15) is 0 Å². The van der Waals surface area contributed by atoms with Crippen LogP contribution in [0.15, 0.2) is 24.3 Å². The predicted molar refractivity (Wildman–Crippen MR) is 69.0 cm³/mol. The minimum atomic E-state index is -0.485. The van der Waals surface area contributed by atoms with Crippen molar-refractivity contribution in [1.29, 1.82) is 0 Å². The third-order valence-corrected chi connectivity index (χ3v) is 2.91. The van der Waals surface area contributed by atoms with Crippen molar-refractivity contribution in [2.45, 2.75) is 6.92 Å². The molecule has 2 rings (SSSR count). The molecule has 1 aromatic carbocycles. The van der Waals surface area contributed by atoms with Crippen molar-refractivity contribution in [2.75, 3.05) is 25.1 Å². The summed E-state index contributed by atoms with van der Waals surface area (Å²) >= 11 is 0. The molecule has 0 aromatic heterocycles. The molecule has 2 N–H and O–H groups in total. The standard InChI is InChI=1S/C12H15N3O4/c1-12(7-19-8-12)6-13-11(16)14-9-2-4-10(5-3-9)15(17)18/h2-5H,6-8H2,1H3,(H2,13,14,16). The molecule has 0 unspecified atom stereocenters. The highest BCUT2D eigenvalue weighted by Crippen LogP contribution is 2.25. The SMILES string of the molecule is CC1(CNC(=O)Nc2ccc([N+](=O)[O-])cc2)COC1. The molecule has 0 aliphatic carbocycles. The van der Waals surface area contributed by atoms with Gasteiger partial charge < -0.3 is 15.4 Å². The van der Waals surface area contributed by atoms with Gasteiger partial charge in [0.25, 0.3) is 5.69 Å². The number of urea groups is 1. The fourth-order valence-electron chi connectivity index (χ4n) is 1.69. The van der Waals surface area contributed by atoms with Gasteiger partial charge in [0.15, 0.2) is 0 Å². The lowest BCUT2D eigenvalue weighted by Crippen LogP contribution is -2.49. The summed E-state index contributed by atoms with van der Waals surface area (Å²) in [4.78, 5) is 21.6. The molecule has 7 heteroatoms. The molecular weight excluding hydrogens is 250 g/mol. The van der Waals surface area contributed by atoms with Crippen LogP contribution >= 0.6 is 0 Å². The lowest BCUT2D eigenvalue weighted by atomic mass is 9.89. The Hall–Kier alpha value is -2.15. The summed E-state index contributed by atoms with van der Waals surface area (Å²) in [5.41, 5.74) is 0.510. The highest BCUT2D eigenvalue weighted by Gasteiger charge is 2.33. The molecule has 1 aliphatic heterocycles. The number of nitro groups is 1. The van der Waals surface area contributed by atoms with Crippen molar-refractivity contribution in [3.05, 3.63) is 34.4 Å². The Kier molecular flexibility index (Phi) is 3.66. The van der Waals surface area contributed by atoms with E-state index in [4.69, 9.17) is 4.74 Å². The fourth-order valence-corrected chi connectivity index (χ4v) is 1.69. The van der Waals surface area contributed by atoms with Gasteiger partial charge in [-0.05, 0) is 12.1 Å². The van der Waals surface area contributed by atoms with Crippen molar-refractivity contribution in [3.8, 4) is 0 Å². The number of amides is 2. The van der Waals surface area contributed by atoms with Crippen molar-refractivity contribution < 1.29 is 14.5 Å². The molecule has 102 valence electrons. The number of nitrogens with one attached hydrogen (secondary N) is 2. The van der Waals surface area contributed by atoms with Crippen LogP contribution in [-0.4, -0.2) is 30.7 Å². The number of rotatable bonds is 4. The van der Waals surface area contributed by atoms with Crippen LogP contribution in [0.4, 0.5) is 16.2 Å². The minimum Gasteiger partial charge on any atom is -0.380 e. The van der Waals surface area contributed by atoms with E-state index < -0.39 is 4.92 Å². The molecule has 7 nitrogen and oxygen atoms in total. The first-order valence-corrected chi connectivity index (χ1v) is 5.86. The Morgan fingerprint density at radius 1 is 1.42 bits per heavy atom. The summed E-state index contributed by atoms with van der Waals surface area (Å²) in [5, 5.41) is 15.8. The number of hydrogen-bond donors (Lipinski definition) is 2. The summed E-state index contributed by atoms with van der Waals surface area (Å²) in [6, 6.07) is 5.34. The molecular formula is C12H15N3O4. The Morgan fingerprint density at radius 3 is 2.53 bits per heavy atom. The predicted octanol–water partition coefficient (Wildman–Crippen LogP) is 1.75. The minimum absolute atomic E-state index is 0.00676. The van der Waals surface area contributed by atoms with Crippen molar-refractivity contribution in [3.63, 3.8) is 0 Å². The summed E-state index contributed by atoms with van der Waals surface area (Å²) in [7, 11) is 0. The van der Waals surface area contributed by atoms with E-state index in [0.29, 0.717) is 25.4 Å². The third-order valence-electron chi connectivity index (χ3n) is 2.91. The zero-order chi connectivity index (χ0) is 13.9. The normalized spacial score (nSPS) is 16.3. The molecule has 1 aliphatic rings. The number of non-ortho nitro benzene ring substituents is 1. The molecule has 1 saturated heterocycles. The van der Waals surface area contributed by atoms with Gasteiger partial charge in [-0.15, -0.1) is 0 Å². The van der Waals surface area contributed by atoms with Crippen LogP contribution in [0.1, 0.15) is 6.92 Å². The molecule has 1 fully saturated rings. The number of hydrogen-bond acceptors (Lipinski definition) is 4. The first-order chi connectivity index (χ1) is 8.98. The Labute approximate surface area is 110 Å². The van der Waals surface area contributed by atoms with Gasteiger partial charge in [0.05, 0.1) is 18.1 Å². The van der Waals surface area contributed by atoms with Gasteiger partial charge in [0, 0.05) is 29.8 Å². The van der Waals surface area contributed by atoms with Crippen LogP contribution in [0.3, 0.4) is 0 Å². The topological polar surface area (TPSA) is 93.5 Å². The fraction of sp³-hybridized carbons (Fsp3) is 0.417. The zero-order valence-electron chi connectivity index (χ0n) is 10.5. The van der Waals surface area contributed by atoms with Crippen molar-refractivity contribution in [2.24, 2.45) is 5.41 Å². The van der Waals surface area contributed by atoms with Crippen LogP contribution in [0, 0.1) is 15.5 Å². The number of ether oxygens (including phenoxy) is 1. The molecule has 0 atom stereocenters. The van der Waals surface area contributed by atoms with Gasteiger partial charge in [-0.25, -0.2) is 4.79 Å². The van der Waals surface area contributed by atoms with Gasteiger partial charge >= 0.3 is 6.03 Å². The smallest absolute Gasteiger partial charge is 0.319 e. The number of nitro benzene ring substituents is 1. The van der Waals surface area contributed by atoms with E-state index in [9.17, 15) is 14.9 Å². The molecule has 1 aromatic rings. The monoisotopic (exact) mass is 265 g/mol. The van der Waals surface area contributed by atoms with Crippen LogP contribution in [-0.2, 0) is 4.74 Å². The van der Waals surface area contributed by atoms with E-state index in [1.165, 1.54) is 24.3 Å². The van der Waals surface area contributed by atoms with E-state index in [2.05, 4.69) is 10.6 Å². The van der Waals surface area contributed by atoms with Gasteiger partial charge in [-0.3, -0.25) is 10.1 Å². The first kappa shape index (κ1) is 13.3. The van der Waals surface area contributed by atoms with Crippen molar-refractivity contribution >= 4 is 17.4 Å². The maximum Gasteiger partial charge on any atom is 0.319 e. The zero-order valence-corrected chi connectivity index (χ0v) is 10.5. The summed E-state index contributed by atoms with van der Waals surface area (Å²) in [6.07, 6.45) is 0. The molecule has 19 heavy (non-hydrogen) atoms. The molecule has 0 spiro atoms. The number of carbonyl (C=O) groups excluding carboxylic acids is 1. The van der Waals surface area contributed by atoms with E-state index >= 15 is 0 Å². The quantitative estimate of drug-likeness (QED) is 0.640. The molecule has 0 bridgehead atoms. The first-order valence-electron chi connectivity index (χ1n) is 5.86. The second-order valence-corrected chi connectivity index (χ2v) is 4.92. The molecule has 2 amide bonds. The maximum absolute atomic E-state index is 11.6. The van der Waals surface area contributed by atoms with Crippen LogP contribution in [0.2, 0.25) is 0 Å². The second-order valence-electron chi connectivity index (χ2n) is 4.92. The van der Waals surface area contributed by atoms with Gasteiger partial charge in [0.2, 0.25) is 0 Å². The third kappa shape index (κ3) is 3.41. The largest absolute Gasteiger partial charge is 0.380 e. The summed E-state index contributed by atoms with van der Waals surface area (Å²) < 4.78 is 5.09. The van der Waals surface area contributed by atoms with E-state index in [1.54, 1.807) is 0 Å². The van der Waals surface area contributed by atoms with Crippen LogP contribution in [0.25, 0.3) is 0 Å². The highest BCUT2D eigenvalue weighted by atomic mass is 16.6. The van der Waals surface area contributed by atoms with Crippen LogP contribution in [0.5, 0.6) is 0 Å². The average Bonchev–Trinajstić information content (AvgIpc) is 2.35. The van der Waals surface area contributed by atoms with E-state index in [0.717, 1.165) is 0 Å². The highest BCUT2D eigenvalue weighted by molar-refractivity contribution is 5.89. The lowest BCUT2D eigenvalue weighted by molar-refractivity contribution is -0.384. The van der Waals surface area contributed by atoms with E-state index in [1.807, 2.05) is 6.92 Å². The number of benzene rings is 1. The van der Waals surface area contributed by atoms with Crippen LogP contribution < -0.4 is 10.6 Å². The van der Waals surface area contributed by atoms with Gasteiger partial charge in [0.1, 0.15) is 0 Å². The summed E-state index contributed by atoms with van der Waals surface area (Å²) in [5.74, 6) is 0. The second kappa shape index (κ2) is 5.23. The molecule has 0 saturated carbocycles. The summed E-state index contributed by atoms with van der Waals surface area (Å²) in [6.45, 7) is 3.85. The number of anilines is 1. The van der Waals surface area contributed by atoms with Crippen molar-refractivity contribution in [1.82, 2.24) is 5.32 Å². The molecule has 0 radical (unpaired) electrons. The molecule has 1 heterocycles. The van der Waals surface area contributed by atoms with Gasteiger partial charge in [-0.1, -0.05) is 6.92 Å². The lowest BCUT2D eigenvalue weighted by Gasteiger charge is -2.37.